The van der Waals surface area contributed by atoms with E-state index in [1.54, 1.807) is 6.07 Å². The van der Waals surface area contributed by atoms with Crippen LogP contribution in [0.4, 0.5) is 0 Å². The van der Waals surface area contributed by atoms with Crippen molar-refractivity contribution in [3.8, 4) is 45.8 Å². The maximum Gasteiger partial charge on any atom is 0.294 e. The summed E-state index contributed by atoms with van der Waals surface area (Å²) in [4.78, 5) is 22.9. The minimum Gasteiger partial charge on any atom is -0.338 e. The first-order valence-electron chi connectivity index (χ1n) is 18.3. The average molecular weight is 760 g/mol. The first-order valence-corrected chi connectivity index (χ1v) is 19.7. The molecule has 4 heterocycles. The van der Waals surface area contributed by atoms with E-state index in [9.17, 15) is 13.0 Å². The minimum atomic E-state index is -4.34. The van der Waals surface area contributed by atoms with Crippen LogP contribution in [0.1, 0.15) is 0 Å². The van der Waals surface area contributed by atoms with Gasteiger partial charge in [-0.1, -0.05) is 97.1 Å². The summed E-state index contributed by atoms with van der Waals surface area (Å²) < 4.78 is 37.4. The van der Waals surface area contributed by atoms with Gasteiger partial charge in [0, 0.05) is 43.9 Å². The molecule has 0 bridgehead atoms. The number of hydrogen-bond donors (Lipinski definition) is 2. The van der Waals surface area contributed by atoms with Crippen LogP contribution in [0.2, 0.25) is 0 Å². The molecule has 0 aliphatic carbocycles. The Bertz CT molecular complexity index is 3430. The monoisotopic (exact) mass is 759 g/mol. The Kier molecular flexibility index (Phi) is 7.24. The lowest BCUT2D eigenvalue weighted by Crippen LogP contribution is -2.06. The molecule has 11 heteroatoms. The van der Waals surface area contributed by atoms with E-state index in [1.165, 1.54) is 12.1 Å². The Morgan fingerprint density at radius 1 is 0.474 bits per heavy atom. The van der Waals surface area contributed by atoms with Crippen LogP contribution in [-0.2, 0) is 10.1 Å². The molecular formula is C46H29N7O3S. The Morgan fingerprint density at radius 2 is 1.02 bits per heavy atom. The lowest BCUT2D eigenvalue weighted by Gasteiger charge is -2.11. The zero-order chi connectivity index (χ0) is 38.3. The quantitative estimate of drug-likeness (QED) is 0.161. The molecule has 2 N–H and O–H groups in total. The maximum absolute atomic E-state index is 11.7. The van der Waals surface area contributed by atoms with Gasteiger partial charge < -0.3 is 9.55 Å². The number of nitrogens with zero attached hydrogens (tertiary/aromatic N) is 6. The van der Waals surface area contributed by atoms with Crippen molar-refractivity contribution in [1.82, 2.24) is 34.1 Å². The second-order valence-corrected chi connectivity index (χ2v) is 15.3. The topological polar surface area (TPSA) is 132 Å². The van der Waals surface area contributed by atoms with Crippen molar-refractivity contribution in [3.05, 3.63) is 164 Å². The maximum atomic E-state index is 11.7. The third-order valence-corrected chi connectivity index (χ3v) is 11.4. The molecule has 0 saturated heterocycles. The van der Waals surface area contributed by atoms with Gasteiger partial charge in [0.15, 0.2) is 11.6 Å². The number of H-pyrrole nitrogens is 1. The van der Waals surface area contributed by atoms with Crippen molar-refractivity contribution in [1.29, 1.82) is 0 Å². The van der Waals surface area contributed by atoms with Crippen molar-refractivity contribution < 1.29 is 13.0 Å². The summed E-state index contributed by atoms with van der Waals surface area (Å²) in [7, 11) is -4.34. The molecule has 0 saturated carbocycles. The Labute approximate surface area is 325 Å². The van der Waals surface area contributed by atoms with Gasteiger partial charge >= 0.3 is 0 Å². The summed E-state index contributed by atoms with van der Waals surface area (Å²) in [6, 6.07) is 53.7. The zero-order valence-corrected chi connectivity index (χ0v) is 30.8. The number of hydrogen-bond acceptors (Lipinski definition) is 6. The van der Waals surface area contributed by atoms with Crippen LogP contribution in [-0.4, -0.2) is 47.0 Å². The highest BCUT2D eigenvalue weighted by atomic mass is 32.2. The van der Waals surface area contributed by atoms with Gasteiger partial charge in [0.25, 0.3) is 10.1 Å². The third kappa shape index (κ3) is 5.40. The Morgan fingerprint density at radius 3 is 1.61 bits per heavy atom. The van der Waals surface area contributed by atoms with Gasteiger partial charge in [-0.15, -0.1) is 0 Å². The summed E-state index contributed by atoms with van der Waals surface area (Å²) in [5.74, 6) is 2.31. The van der Waals surface area contributed by atoms with E-state index in [-0.39, 0.29) is 4.90 Å². The number of aromatic nitrogens is 7. The zero-order valence-electron chi connectivity index (χ0n) is 29.9. The van der Waals surface area contributed by atoms with E-state index in [0.717, 1.165) is 66.0 Å². The van der Waals surface area contributed by atoms with Gasteiger partial charge in [0.1, 0.15) is 5.82 Å². The molecule has 272 valence electrons. The number of benzene rings is 7. The standard InChI is InChI=1S/C46H29N7O3S/c54-57(55,56)32-23-24-37-38(25-32)48-43(47-37)30-19-21-31(22-20-30)52-39-17-9-7-15-33(39)35-27-42-36(26-41(35)52)34-16-8-10-18-40(34)53(42)46-50-44(28-11-3-1-4-12-28)49-45(51-46)29-13-5-2-6-14-29/h1-27H,(H,47,48)(H,54,55,56). The molecule has 0 unspecified atom stereocenters. The number of nitrogens with one attached hydrogen (secondary N) is 1. The normalized spacial score (nSPS) is 12.1. The second-order valence-electron chi connectivity index (χ2n) is 13.9. The molecule has 7 aromatic carbocycles. The van der Waals surface area contributed by atoms with Crippen LogP contribution in [0.15, 0.2) is 169 Å². The first kappa shape index (κ1) is 32.9. The highest BCUT2D eigenvalue weighted by Crippen LogP contribution is 2.40. The molecule has 11 aromatic rings. The van der Waals surface area contributed by atoms with Crippen LogP contribution < -0.4 is 0 Å². The Hall–Kier alpha value is -7.47. The summed E-state index contributed by atoms with van der Waals surface area (Å²) in [5.41, 5.74) is 8.79. The number of imidazole rings is 1. The number of rotatable bonds is 6. The third-order valence-electron chi connectivity index (χ3n) is 10.5. The van der Waals surface area contributed by atoms with Gasteiger partial charge in [-0.25, -0.2) is 9.97 Å². The molecule has 0 atom stereocenters. The Balaban J connectivity index is 1.11. The summed E-state index contributed by atoms with van der Waals surface area (Å²) in [6.45, 7) is 0. The van der Waals surface area contributed by atoms with Crippen molar-refractivity contribution >= 4 is 64.8 Å². The van der Waals surface area contributed by atoms with Crippen molar-refractivity contribution in [3.63, 3.8) is 0 Å². The fourth-order valence-electron chi connectivity index (χ4n) is 7.88. The molecule has 10 nitrogen and oxygen atoms in total. The lowest BCUT2D eigenvalue weighted by molar-refractivity contribution is 0.483. The summed E-state index contributed by atoms with van der Waals surface area (Å²) in [5, 5.41) is 4.33. The predicted octanol–water partition coefficient (Wildman–Crippen LogP) is 10.2. The molecule has 0 aliphatic heterocycles. The number of fused-ring (bicyclic) bond motifs is 7. The van der Waals surface area contributed by atoms with Crippen LogP contribution >= 0.6 is 0 Å². The lowest BCUT2D eigenvalue weighted by atomic mass is 10.1. The first-order chi connectivity index (χ1) is 27.9. The molecule has 4 aromatic heterocycles. The molecule has 0 radical (unpaired) electrons. The molecule has 57 heavy (non-hydrogen) atoms. The molecular weight excluding hydrogens is 731 g/mol. The highest BCUT2D eigenvalue weighted by molar-refractivity contribution is 7.85. The molecule has 0 spiro atoms. The van der Waals surface area contributed by atoms with Crippen molar-refractivity contribution in [2.75, 3.05) is 0 Å². The minimum absolute atomic E-state index is 0.189. The van der Waals surface area contributed by atoms with Gasteiger partial charge in [-0.3, -0.25) is 9.12 Å². The summed E-state index contributed by atoms with van der Waals surface area (Å²) in [6.07, 6.45) is 0. The molecule has 11 rings (SSSR count). The van der Waals surface area contributed by atoms with Crippen LogP contribution in [0.3, 0.4) is 0 Å². The van der Waals surface area contributed by atoms with E-state index in [1.807, 2.05) is 78.9 Å². The van der Waals surface area contributed by atoms with Gasteiger partial charge in [0.2, 0.25) is 5.95 Å². The van der Waals surface area contributed by atoms with E-state index in [0.29, 0.717) is 34.5 Å². The van der Waals surface area contributed by atoms with Gasteiger partial charge in [-0.05, 0) is 66.7 Å². The largest absolute Gasteiger partial charge is 0.338 e. The van der Waals surface area contributed by atoms with E-state index >= 15 is 0 Å². The van der Waals surface area contributed by atoms with Crippen LogP contribution in [0.5, 0.6) is 0 Å². The molecule has 0 aliphatic rings. The predicted molar refractivity (Wildman–Crippen MR) is 224 cm³/mol. The fraction of sp³-hybridized carbons (Fsp3) is 0. The van der Waals surface area contributed by atoms with E-state index in [4.69, 9.17) is 15.0 Å². The molecule has 0 fully saturated rings. The smallest absolute Gasteiger partial charge is 0.294 e. The number of aromatic amines is 1. The van der Waals surface area contributed by atoms with E-state index in [2.05, 4.69) is 85.8 Å². The summed E-state index contributed by atoms with van der Waals surface area (Å²) >= 11 is 0. The van der Waals surface area contributed by atoms with Crippen molar-refractivity contribution in [2.24, 2.45) is 0 Å². The fourth-order valence-corrected chi connectivity index (χ4v) is 8.38. The molecule has 0 amide bonds. The van der Waals surface area contributed by atoms with Crippen LogP contribution in [0, 0.1) is 0 Å². The number of para-hydroxylation sites is 2. The second kappa shape index (κ2) is 12.5. The van der Waals surface area contributed by atoms with E-state index < -0.39 is 10.1 Å². The highest BCUT2D eigenvalue weighted by Gasteiger charge is 2.21. The van der Waals surface area contributed by atoms with Crippen LogP contribution in [0.25, 0.3) is 100 Å². The van der Waals surface area contributed by atoms with Gasteiger partial charge in [-0.2, -0.15) is 18.4 Å². The van der Waals surface area contributed by atoms with Gasteiger partial charge in [0.05, 0.1) is 38.0 Å². The SMILES string of the molecule is O=S(=O)(O)c1ccc2nc(-c3ccc(-n4c5ccccc5c5cc6c(cc54)c4ccccc4n6-c4nc(-c5ccccc5)nc(-c5ccccc5)n4)cc3)[nH]c2c1. The van der Waals surface area contributed by atoms with Crippen molar-refractivity contribution in [2.45, 2.75) is 4.90 Å². The average Bonchev–Trinajstić information content (AvgIpc) is 3.93.